The molecule has 2 aromatic carbocycles. The minimum atomic E-state index is -0.0512. The average molecular weight is 396 g/mol. The maximum absolute atomic E-state index is 12.4. The summed E-state index contributed by atoms with van der Waals surface area (Å²) in [7, 11) is 0. The lowest BCUT2D eigenvalue weighted by atomic mass is 10.1. The Kier molecular flexibility index (Phi) is 5.18. The summed E-state index contributed by atoms with van der Waals surface area (Å²) in [4.78, 5) is 18.9. The summed E-state index contributed by atoms with van der Waals surface area (Å²) in [5.74, 6) is 1.20. The quantitative estimate of drug-likeness (QED) is 0.635. The fourth-order valence-electron chi connectivity index (χ4n) is 3.64. The standard InChI is InChI=1S/C22H22ClN3O2/c1-14-3-8-19(15(2)11-14)21-24-22(28-25-21)17-12-20(27)26(13-17)10-9-16-4-6-18(23)7-5-16/h3-8,11,17H,9-10,12-13H2,1-2H3. The van der Waals surface area contributed by atoms with Crippen molar-refractivity contribution in [3.63, 3.8) is 0 Å². The van der Waals surface area contributed by atoms with Crippen LogP contribution in [0.1, 0.15) is 34.9 Å². The van der Waals surface area contributed by atoms with Crippen molar-refractivity contribution < 1.29 is 9.32 Å². The number of rotatable bonds is 5. The lowest BCUT2D eigenvalue weighted by molar-refractivity contribution is -0.127. The Morgan fingerprint density at radius 3 is 2.71 bits per heavy atom. The predicted octanol–water partition coefficient (Wildman–Crippen LogP) is 4.57. The van der Waals surface area contributed by atoms with Gasteiger partial charge < -0.3 is 9.42 Å². The van der Waals surface area contributed by atoms with E-state index in [1.165, 1.54) is 5.56 Å². The third-order valence-corrected chi connectivity index (χ3v) is 5.46. The maximum Gasteiger partial charge on any atom is 0.232 e. The predicted molar refractivity (Wildman–Crippen MR) is 108 cm³/mol. The van der Waals surface area contributed by atoms with E-state index in [-0.39, 0.29) is 11.8 Å². The van der Waals surface area contributed by atoms with Crippen molar-refractivity contribution in [3.05, 3.63) is 70.1 Å². The largest absolute Gasteiger partial charge is 0.342 e. The zero-order valence-electron chi connectivity index (χ0n) is 16.0. The van der Waals surface area contributed by atoms with Crippen LogP contribution in [-0.2, 0) is 11.2 Å². The molecule has 1 amide bonds. The van der Waals surface area contributed by atoms with Crippen LogP contribution in [0.25, 0.3) is 11.4 Å². The molecule has 28 heavy (non-hydrogen) atoms. The molecule has 1 aliphatic heterocycles. The molecule has 1 aliphatic rings. The van der Waals surface area contributed by atoms with Crippen LogP contribution in [0.4, 0.5) is 0 Å². The first-order valence-corrected chi connectivity index (χ1v) is 9.81. The molecule has 0 radical (unpaired) electrons. The number of hydrogen-bond acceptors (Lipinski definition) is 4. The highest BCUT2D eigenvalue weighted by Crippen LogP contribution is 2.29. The molecule has 6 heteroatoms. The van der Waals surface area contributed by atoms with Crippen LogP contribution in [-0.4, -0.2) is 34.0 Å². The van der Waals surface area contributed by atoms with Crippen molar-refractivity contribution in [1.82, 2.24) is 15.0 Å². The highest BCUT2D eigenvalue weighted by molar-refractivity contribution is 6.30. The van der Waals surface area contributed by atoms with Crippen molar-refractivity contribution in [2.45, 2.75) is 32.6 Å². The third kappa shape index (κ3) is 3.94. The van der Waals surface area contributed by atoms with Crippen molar-refractivity contribution in [3.8, 4) is 11.4 Å². The molecule has 3 aromatic rings. The van der Waals surface area contributed by atoms with E-state index in [1.807, 2.05) is 48.2 Å². The van der Waals surface area contributed by atoms with E-state index in [1.54, 1.807) is 0 Å². The molecule has 0 saturated carbocycles. The maximum atomic E-state index is 12.4. The van der Waals surface area contributed by atoms with Gasteiger partial charge in [-0.3, -0.25) is 4.79 Å². The Balaban J connectivity index is 1.42. The second kappa shape index (κ2) is 7.76. The van der Waals surface area contributed by atoms with Gasteiger partial charge in [0.1, 0.15) is 0 Å². The number of aromatic nitrogens is 2. The first-order chi connectivity index (χ1) is 13.5. The molecule has 0 N–H and O–H groups in total. The Morgan fingerprint density at radius 1 is 1.18 bits per heavy atom. The summed E-state index contributed by atoms with van der Waals surface area (Å²) in [6.07, 6.45) is 1.21. The molecule has 1 unspecified atom stereocenters. The average Bonchev–Trinajstić information content (AvgIpc) is 3.28. The first kappa shape index (κ1) is 18.7. The number of amides is 1. The number of aryl methyl sites for hydroxylation is 2. The SMILES string of the molecule is Cc1ccc(-c2noc(C3CC(=O)N(CCc4ccc(Cl)cc4)C3)n2)c(C)c1. The minimum Gasteiger partial charge on any atom is -0.342 e. The monoisotopic (exact) mass is 395 g/mol. The summed E-state index contributed by atoms with van der Waals surface area (Å²) in [6.45, 7) is 5.38. The fourth-order valence-corrected chi connectivity index (χ4v) is 3.77. The van der Waals surface area contributed by atoms with E-state index >= 15 is 0 Å². The summed E-state index contributed by atoms with van der Waals surface area (Å²) >= 11 is 5.92. The minimum absolute atomic E-state index is 0.0512. The van der Waals surface area contributed by atoms with Crippen molar-refractivity contribution in [1.29, 1.82) is 0 Å². The molecule has 144 valence electrons. The van der Waals surface area contributed by atoms with Gasteiger partial charge in [-0.2, -0.15) is 4.98 Å². The van der Waals surface area contributed by atoms with Crippen LogP contribution in [0.2, 0.25) is 5.02 Å². The molecule has 0 spiro atoms. The van der Waals surface area contributed by atoms with Crippen molar-refractivity contribution in [2.75, 3.05) is 13.1 Å². The molecule has 1 aromatic heterocycles. The number of nitrogens with zero attached hydrogens (tertiary/aromatic N) is 3. The van der Waals surface area contributed by atoms with E-state index < -0.39 is 0 Å². The van der Waals surface area contributed by atoms with Crippen molar-refractivity contribution in [2.24, 2.45) is 0 Å². The van der Waals surface area contributed by atoms with Gasteiger partial charge in [-0.25, -0.2) is 0 Å². The number of likely N-dealkylation sites (tertiary alicyclic amines) is 1. The Morgan fingerprint density at radius 2 is 1.96 bits per heavy atom. The first-order valence-electron chi connectivity index (χ1n) is 9.43. The van der Waals surface area contributed by atoms with Gasteiger partial charge >= 0.3 is 0 Å². The number of benzene rings is 2. The van der Waals surface area contributed by atoms with Crippen LogP contribution in [0, 0.1) is 13.8 Å². The smallest absolute Gasteiger partial charge is 0.232 e. The van der Waals surface area contributed by atoms with Gasteiger partial charge in [-0.15, -0.1) is 0 Å². The second-order valence-electron chi connectivity index (χ2n) is 7.39. The van der Waals surface area contributed by atoms with Gasteiger partial charge in [0.25, 0.3) is 0 Å². The Labute approximate surface area is 169 Å². The molecule has 1 atom stereocenters. The van der Waals surface area contributed by atoms with Crippen LogP contribution in [0.5, 0.6) is 0 Å². The summed E-state index contributed by atoms with van der Waals surface area (Å²) in [5.41, 5.74) is 4.43. The normalized spacial score (nSPS) is 16.8. The number of carbonyl (C=O) groups excluding carboxylic acids is 1. The zero-order chi connectivity index (χ0) is 19.7. The van der Waals surface area contributed by atoms with Crippen LogP contribution in [0.15, 0.2) is 47.0 Å². The molecule has 2 heterocycles. The van der Waals surface area contributed by atoms with Gasteiger partial charge in [-0.1, -0.05) is 52.7 Å². The molecule has 0 aliphatic carbocycles. The molecular formula is C22H22ClN3O2. The van der Waals surface area contributed by atoms with Crippen molar-refractivity contribution >= 4 is 17.5 Å². The topological polar surface area (TPSA) is 59.2 Å². The van der Waals surface area contributed by atoms with Crippen LogP contribution >= 0.6 is 11.6 Å². The molecule has 5 nitrogen and oxygen atoms in total. The van der Waals surface area contributed by atoms with Crippen LogP contribution < -0.4 is 0 Å². The highest BCUT2D eigenvalue weighted by atomic mass is 35.5. The summed E-state index contributed by atoms with van der Waals surface area (Å²) in [5, 5.41) is 4.86. The second-order valence-corrected chi connectivity index (χ2v) is 7.83. The highest BCUT2D eigenvalue weighted by Gasteiger charge is 2.34. The van der Waals surface area contributed by atoms with E-state index in [0.717, 1.165) is 28.1 Å². The van der Waals surface area contributed by atoms with E-state index in [9.17, 15) is 4.79 Å². The number of halogens is 1. The lowest BCUT2D eigenvalue weighted by Crippen LogP contribution is -2.27. The Bertz CT molecular complexity index is 997. The Hall–Kier alpha value is -2.66. The third-order valence-electron chi connectivity index (χ3n) is 5.21. The molecule has 4 rings (SSSR count). The summed E-state index contributed by atoms with van der Waals surface area (Å²) in [6, 6.07) is 13.9. The molecule has 0 bridgehead atoms. The zero-order valence-corrected chi connectivity index (χ0v) is 16.7. The van der Waals surface area contributed by atoms with Gasteiger partial charge in [0.05, 0.1) is 5.92 Å². The van der Waals surface area contributed by atoms with E-state index in [4.69, 9.17) is 16.1 Å². The molecule has 1 fully saturated rings. The van der Waals surface area contributed by atoms with Gasteiger partial charge in [0.2, 0.25) is 17.6 Å². The van der Waals surface area contributed by atoms with Gasteiger partial charge in [0, 0.05) is 30.1 Å². The van der Waals surface area contributed by atoms with Gasteiger partial charge in [-0.05, 0) is 43.5 Å². The summed E-state index contributed by atoms with van der Waals surface area (Å²) < 4.78 is 5.51. The van der Waals surface area contributed by atoms with E-state index in [2.05, 4.69) is 23.1 Å². The van der Waals surface area contributed by atoms with Gasteiger partial charge in [0.15, 0.2) is 0 Å². The van der Waals surface area contributed by atoms with E-state index in [0.29, 0.717) is 31.2 Å². The fraction of sp³-hybridized carbons (Fsp3) is 0.318. The number of carbonyl (C=O) groups is 1. The number of hydrogen-bond donors (Lipinski definition) is 0. The molecular weight excluding hydrogens is 374 g/mol. The van der Waals surface area contributed by atoms with Crippen LogP contribution in [0.3, 0.4) is 0 Å². The lowest BCUT2D eigenvalue weighted by Gasteiger charge is -2.15. The molecule has 1 saturated heterocycles.